The molecule has 0 spiro atoms. The first kappa shape index (κ1) is 16.9. The summed E-state index contributed by atoms with van der Waals surface area (Å²) in [5.41, 5.74) is -0.0378. The number of ether oxygens (including phenoxy) is 1. The van der Waals surface area contributed by atoms with Crippen molar-refractivity contribution in [2.24, 2.45) is 5.92 Å². The van der Waals surface area contributed by atoms with E-state index in [9.17, 15) is 5.11 Å². The van der Waals surface area contributed by atoms with E-state index >= 15 is 0 Å². The molecule has 1 aliphatic carbocycles. The number of nitrogens with one attached hydrogen (secondary N) is 1. The molecule has 4 heteroatoms. The fraction of sp³-hybridized carbons (Fsp3) is 1.00. The third-order valence-electron chi connectivity index (χ3n) is 4.94. The lowest BCUT2D eigenvalue weighted by Gasteiger charge is -2.36. The molecule has 2 N–H and O–H groups in total. The van der Waals surface area contributed by atoms with Gasteiger partial charge in [0.05, 0.1) is 13.2 Å². The monoisotopic (exact) mass is 272 g/mol. The zero-order chi connectivity index (χ0) is 14.3. The van der Waals surface area contributed by atoms with Gasteiger partial charge in [-0.05, 0) is 52.2 Å². The maximum absolute atomic E-state index is 9.71. The number of nitrogens with zero attached hydrogens (tertiary/aromatic N) is 1. The molecule has 3 atom stereocenters. The third-order valence-corrected chi connectivity index (χ3v) is 4.94. The molecule has 4 nitrogen and oxygen atoms in total. The van der Waals surface area contributed by atoms with Crippen LogP contribution >= 0.6 is 0 Å². The largest absolute Gasteiger partial charge is 0.394 e. The van der Waals surface area contributed by atoms with Crippen LogP contribution < -0.4 is 5.32 Å². The molecule has 0 aromatic carbocycles. The Labute approximate surface area is 118 Å². The lowest BCUT2D eigenvalue weighted by Crippen LogP contribution is -2.50. The standard InChI is InChI=1S/C15H32N2O2/c1-5-17(13(2)11-19-4)10-8-14-7-6-9-15(14,12-18)16-3/h13-14,16,18H,5-12H2,1-4H3. The van der Waals surface area contributed by atoms with Gasteiger partial charge in [0, 0.05) is 18.7 Å². The summed E-state index contributed by atoms with van der Waals surface area (Å²) < 4.78 is 5.25. The summed E-state index contributed by atoms with van der Waals surface area (Å²) in [4.78, 5) is 2.47. The van der Waals surface area contributed by atoms with Gasteiger partial charge >= 0.3 is 0 Å². The Bertz CT molecular complexity index is 244. The molecule has 1 rings (SSSR count). The second-order valence-electron chi connectivity index (χ2n) is 5.88. The zero-order valence-electron chi connectivity index (χ0n) is 13.1. The molecule has 0 aliphatic heterocycles. The van der Waals surface area contributed by atoms with Crippen LogP contribution in [0.4, 0.5) is 0 Å². The number of aliphatic hydroxyl groups excluding tert-OH is 1. The second-order valence-corrected chi connectivity index (χ2v) is 5.88. The minimum Gasteiger partial charge on any atom is -0.394 e. The molecule has 19 heavy (non-hydrogen) atoms. The summed E-state index contributed by atoms with van der Waals surface area (Å²) in [5, 5.41) is 13.1. The van der Waals surface area contributed by atoms with Crippen LogP contribution in [0, 0.1) is 5.92 Å². The first-order chi connectivity index (χ1) is 9.13. The highest BCUT2D eigenvalue weighted by atomic mass is 16.5. The normalized spacial score (nSPS) is 29.1. The van der Waals surface area contributed by atoms with Gasteiger partial charge in [-0.2, -0.15) is 0 Å². The van der Waals surface area contributed by atoms with Gasteiger partial charge in [-0.3, -0.25) is 4.90 Å². The number of hydrogen-bond donors (Lipinski definition) is 2. The lowest BCUT2D eigenvalue weighted by molar-refractivity contribution is 0.0843. The smallest absolute Gasteiger partial charge is 0.0615 e. The summed E-state index contributed by atoms with van der Waals surface area (Å²) in [6, 6.07) is 0.467. The molecule has 0 bridgehead atoms. The molecular weight excluding hydrogens is 240 g/mol. The minimum atomic E-state index is -0.0378. The zero-order valence-corrected chi connectivity index (χ0v) is 13.1. The van der Waals surface area contributed by atoms with Crippen LogP contribution in [0.1, 0.15) is 39.5 Å². The molecule has 0 amide bonds. The summed E-state index contributed by atoms with van der Waals surface area (Å²) in [6.07, 6.45) is 4.72. The van der Waals surface area contributed by atoms with Gasteiger partial charge < -0.3 is 15.2 Å². The van der Waals surface area contributed by atoms with E-state index in [1.54, 1.807) is 7.11 Å². The van der Waals surface area contributed by atoms with Crippen LogP contribution in [0.3, 0.4) is 0 Å². The van der Waals surface area contributed by atoms with Crippen molar-refractivity contribution < 1.29 is 9.84 Å². The van der Waals surface area contributed by atoms with Crippen molar-refractivity contribution in [3.8, 4) is 0 Å². The predicted molar refractivity (Wildman–Crippen MR) is 79.4 cm³/mol. The van der Waals surface area contributed by atoms with E-state index in [0.29, 0.717) is 12.0 Å². The van der Waals surface area contributed by atoms with Crippen molar-refractivity contribution in [2.45, 2.75) is 51.1 Å². The van der Waals surface area contributed by atoms with E-state index in [4.69, 9.17) is 4.74 Å². The van der Waals surface area contributed by atoms with Gasteiger partial charge in [-0.25, -0.2) is 0 Å². The SMILES string of the molecule is CCN(CCC1CCCC1(CO)NC)C(C)COC. The van der Waals surface area contributed by atoms with E-state index in [0.717, 1.165) is 32.5 Å². The van der Waals surface area contributed by atoms with E-state index in [-0.39, 0.29) is 12.1 Å². The lowest BCUT2D eigenvalue weighted by atomic mass is 9.85. The number of aliphatic hydroxyl groups is 1. The third kappa shape index (κ3) is 4.15. The molecule has 0 heterocycles. The van der Waals surface area contributed by atoms with Gasteiger partial charge in [0.25, 0.3) is 0 Å². The van der Waals surface area contributed by atoms with E-state index < -0.39 is 0 Å². The van der Waals surface area contributed by atoms with Crippen LogP contribution in [-0.4, -0.2) is 62.0 Å². The number of rotatable bonds is 9. The van der Waals surface area contributed by atoms with Gasteiger partial charge in [-0.1, -0.05) is 13.3 Å². The van der Waals surface area contributed by atoms with Crippen molar-refractivity contribution in [1.29, 1.82) is 0 Å². The molecule has 1 saturated carbocycles. The van der Waals surface area contributed by atoms with Gasteiger partial charge in [0.1, 0.15) is 0 Å². The molecule has 0 saturated heterocycles. The van der Waals surface area contributed by atoms with Crippen molar-refractivity contribution in [1.82, 2.24) is 10.2 Å². The average molecular weight is 272 g/mol. The minimum absolute atomic E-state index is 0.0378. The van der Waals surface area contributed by atoms with Crippen LogP contribution in [0.5, 0.6) is 0 Å². The summed E-state index contributed by atoms with van der Waals surface area (Å²) >= 11 is 0. The second kappa shape index (κ2) is 8.20. The highest BCUT2D eigenvalue weighted by molar-refractivity contribution is 4.98. The Morgan fingerprint density at radius 2 is 2.26 bits per heavy atom. The van der Waals surface area contributed by atoms with Crippen molar-refractivity contribution >= 4 is 0 Å². The Morgan fingerprint density at radius 3 is 2.79 bits per heavy atom. The average Bonchev–Trinajstić information content (AvgIpc) is 2.83. The number of likely N-dealkylation sites (N-methyl/N-ethyl adjacent to an activating group) is 2. The Morgan fingerprint density at radius 1 is 1.53 bits per heavy atom. The maximum atomic E-state index is 9.71. The van der Waals surface area contributed by atoms with Gasteiger partial charge in [0.2, 0.25) is 0 Å². The van der Waals surface area contributed by atoms with Crippen molar-refractivity contribution in [3.05, 3.63) is 0 Å². The van der Waals surface area contributed by atoms with Crippen LogP contribution in [-0.2, 0) is 4.74 Å². The van der Waals surface area contributed by atoms with E-state index in [2.05, 4.69) is 24.1 Å². The van der Waals surface area contributed by atoms with Crippen LogP contribution in [0.15, 0.2) is 0 Å². The maximum Gasteiger partial charge on any atom is 0.0615 e. The highest BCUT2D eigenvalue weighted by Gasteiger charge is 2.40. The molecule has 114 valence electrons. The van der Waals surface area contributed by atoms with E-state index in [1.165, 1.54) is 12.8 Å². The highest BCUT2D eigenvalue weighted by Crippen LogP contribution is 2.37. The fourth-order valence-corrected chi connectivity index (χ4v) is 3.54. The molecule has 3 unspecified atom stereocenters. The first-order valence-electron chi connectivity index (χ1n) is 7.66. The fourth-order valence-electron chi connectivity index (χ4n) is 3.54. The Hall–Kier alpha value is -0.160. The number of methoxy groups -OCH3 is 1. The molecule has 0 aromatic rings. The van der Waals surface area contributed by atoms with Gasteiger partial charge in [0.15, 0.2) is 0 Å². The Kier molecular flexibility index (Phi) is 7.29. The molecule has 1 fully saturated rings. The molecular formula is C15H32N2O2. The summed E-state index contributed by atoms with van der Waals surface area (Å²) in [6.45, 7) is 7.62. The summed E-state index contributed by atoms with van der Waals surface area (Å²) in [5.74, 6) is 0.589. The topological polar surface area (TPSA) is 44.7 Å². The van der Waals surface area contributed by atoms with Crippen LogP contribution in [0.25, 0.3) is 0 Å². The molecule has 0 aromatic heterocycles. The van der Waals surface area contributed by atoms with Crippen molar-refractivity contribution in [3.63, 3.8) is 0 Å². The quantitative estimate of drug-likeness (QED) is 0.667. The molecule has 1 aliphatic rings. The molecule has 0 radical (unpaired) electrons. The van der Waals surface area contributed by atoms with Crippen LogP contribution in [0.2, 0.25) is 0 Å². The van der Waals surface area contributed by atoms with E-state index in [1.807, 2.05) is 7.05 Å². The van der Waals surface area contributed by atoms with Crippen molar-refractivity contribution in [2.75, 3.05) is 40.5 Å². The number of hydrogen-bond acceptors (Lipinski definition) is 4. The predicted octanol–water partition coefficient (Wildman–Crippen LogP) is 1.48. The summed E-state index contributed by atoms with van der Waals surface area (Å²) in [7, 11) is 3.75. The Balaban J connectivity index is 2.49. The van der Waals surface area contributed by atoms with Gasteiger partial charge in [-0.15, -0.1) is 0 Å². The first-order valence-corrected chi connectivity index (χ1v) is 7.66.